The number of anilines is 1. The highest BCUT2D eigenvalue weighted by Gasteiger charge is 2.16. The second-order valence-electron chi connectivity index (χ2n) is 7.41. The lowest BCUT2D eigenvalue weighted by atomic mass is 10.2. The number of aryl methyl sites for hydroxylation is 2. The first-order chi connectivity index (χ1) is 17.5. The van der Waals surface area contributed by atoms with Crippen molar-refractivity contribution in [1.29, 1.82) is 0 Å². The maximum Gasteiger partial charge on any atom is 0.293 e. The van der Waals surface area contributed by atoms with Gasteiger partial charge in [0.25, 0.3) is 16.5 Å². The van der Waals surface area contributed by atoms with Crippen LogP contribution in [0.15, 0.2) is 90.2 Å². The van der Waals surface area contributed by atoms with E-state index in [1.807, 2.05) is 36.4 Å². The van der Waals surface area contributed by atoms with Crippen LogP contribution in [0.4, 0.5) is 22.7 Å². The molecule has 0 unspecified atom stereocenters. The molecule has 0 aliphatic rings. The van der Waals surface area contributed by atoms with E-state index in [4.69, 9.17) is 17.3 Å². The van der Waals surface area contributed by atoms with E-state index in [-0.39, 0.29) is 22.0 Å². The highest BCUT2D eigenvalue weighted by molar-refractivity contribution is 6.28. The Bertz CT molecular complexity index is 1450. The van der Waals surface area contributed by atoms with E-state index in [0.29, 0.717) is 21.5 Å². The monoisotopic (exact) mass is 526 g/mol. The standard InChI is InChI=1S/C12H11N3O3.C6H5ClN2O3.C6H7N/c1-9-8-14(16)12(7-11(9)15(17)18)13-10-5-3-2-4-6-10;1-4-3-8(10)6(7)2-5(4)9(11)12;7-6-4-2-1-3-5-6/h2-8,16H,1H3;2-3H,1H3;1-5H,7H2. The first-order valence-electron chi connectivity index (χ1n) is 10.5. The van der Waals surface area contributed by atoms with Crippen molar-refractivity contribution in [3.63, 3.8) is 0 Å². The summed E-state index contributed by atoms with van der Waals surface area (Å²) >= 11 is 5.38. The van der Waals surface area contributed by atoms with Gasteiger partial charge in [-0.2, -0.15) is 9.46 Å². The summed E-state index contributed by atoms with van der Waals surface area (Å²) in [6, 6.07) is 20.7. The minimum absolute atomic E-state index is 0.0741. The largest absolute Gasteiger partial charge is 0.618 e. The van der Waals surface area contributed by atoms with Crippen LogP contribution in [-0.4, -0.2) is 19.8 Å². The molecule has 12 nitrogen and oxygen atoms in total. The zero-order valence-electron chi connectivity index (χ0n) is 19.8. The van der Waals surface area contributed by atoms with Gasteiger partial charge in [0.05, 0.1) is 33.4 Å². The lowest BCUT2D eigenvalue weighted by Gasteiger charge is -2.02. The van der Waals surface area contributed by atoms with E-state index in [2.05, 4.69) is 4.99 Å². The van der Waals surface area contributed by atoms with Crippen molar-refractivity contribution >= 4 is 34.4 Å². The van der Waals surface area contributed by atoms with E-state index in [1.165, 1.54) is 19.2 Å². The van der Waals surface area contributed by atoms with Gasteiger partial charge < -0.3 is 16.1 Å². The van der Waals surface area contributed by atoms with Crippen molar-refractivity contribution in [2.24, 2.45) is 4.99 Å². The van der Waals surface area contributed by atoms with Gasteiger partial charge in [0, 0.05) is 11.3 Å². The smallest absolute Gasteiger partial charge is 0.293 e. The normalized spacial score (nSPS) is 10.4. The topological polar surface area (TPSA) is 177 Å². The third kappa shape index (κ3) is 8.64. The molecule has 13 heteroatoms. The lowest BCUT2D eigenvalue weighted by molar-refractivity contribution is -0.604. The van der Waals surface area contributed by atoms with Crippen LogP contribution in [0, 0.1) is 39.3 Å². The molecular formula is C24H23ClN6O6. The van der Waals surface area contributed by atoms with Crippen molar-refractivity contribution in [1.82, 2.24) is 4.73 Å². The predicted octanol–water partition coefficient (Wildman–Crippen LogP) is 4.63. The second kappa shape index (κ2) is 13.2. The zero-order chi connectivity index (χ0) is 27.5. The molecule has 0 atom stereocenters. The molecule has 2 aromatic heterocycles. The van der Waals surface area contributed by atoms with Crippen LogP contribution in [0.5, 0.6) is 0 Å². The average molecular weight is 527 g/mol. The Morgan fingerprint density at radius 2 is 1.43 bits per heavy atom. The Labute approximate surface area is 216 Å². The molecule has 0 radical (unpaired) electrons. The predicted molar refractivity (Wildman–Crippen MR) is 137 cm³/mol. The number of halogens is 1. The zero-order valence-corrected chi connectivity index (χ0v) is 20.5. The minimum atomic E-state index is -0.582. The summed E-state index contributed by atoms with van der Waals surface area (Å²) in [6.45, 7) is 3.03. The number of aromatic nitrogens is 2. The number of benzene rings is 2. The van der Waals surface area contributed by atoms with Gasteiger partial charge in [-0.1, -0.05) is 36.4 Å². The molecule has 2 heterocycles. The highest BCUT2D eigenvalue weighted by Crippen LogP contribution is 2.18. The van der Waals surface area contributed by atoms with E-state index in [0.717, 1.165) is 22.7 Å². The van der Waals surface area contributed by atoms with Gasteiger partial charge >= 0.3 is 0 Å². The number of hydrogen-bond acceptors (Lipinski definition) is 8. The number of para-hydroxylation sites is 2. The van der Waals surface area contributed by atoms with Gasteiger partial charge in [-0.15, -0.1) is 0 Å². The van der Waals surface area contributed by atoms with Crippen LogP contribution in [-0.2, 0) is 0 Å². The summed E-state index contributed by atoms with van der Waals surface area (Å²) in [4.78, 5) is 24.2. The van der Waals surface area contributed by atoms with Crippen LogP contribution >= 0.6 is 11.6 Å². The molecule has 0 saturated carbocycles. The molecule has 4 rings (SSSR count). The molecule has 0 bridgehead atoms. The van der Waals surface area contributed by atoms with Crippen molar-refractivity contribution in [3.05, 3.63) is 132 Å². The maximum absolute atomic E-state index is 10.8. The molecule has 3 N–H and O–H groups in total. The Morgan fingerprint density at radius 1 is 0.919 bits per heavy atom. The summed E-state index contributed by atoms with van der Waals surface area (Å²) in [5.41, 5.74) is 7.34. The first-order valence-corrected chi connectivity index (χ1v) is 10.9. The summed E-state index contributed by atoms with van der Waals surface area (Å²) in [6.07, 6.45) is 2.33. The fourth-order valence-corrected chi connectivity index (χ4v) is 2.93. The summed E-state index contributed by atoms with van der Waals surface area (Å²) in [5.74, 6) is 0. The number of nitrogen functional groups attached to an aromatic ring is 1. The van der Waals surface area contributed by atoms with E-state index in [9.17, 15) is 30.6 Å². The Morgan fingerprint density at radius 3 is 1.92 bits per heavy atom. The van der Waals surface area contributed by atoms with Crippen molar-refractivity contribution in [3.8, 4) is 0 Å². The van der Waals surface area contributed by atoms with E-state index < -0.39 is 9.85 Å². The Kier molecular flexibility index (Phi) is 10.1. The summed E-state index contributed by atoms with van der Waals surface area (Å²) < 4.78 is 1.15. The van der Waals surface area contributed by atoms with Crippen molar-refractivity contribution < 1.29 is 19.8 Å². The summed E-state index contributed by atoms with van der Waals surface area (Å²) in [5, 5.41) is 41.4. The fourth-order valence-electron chi connectivity index (χ4n) is 2.78. The molecular weight excluding hydrogens is 504 g/mol. The van der Waals surface area contributed by atoms with Crippen molar-refractivity contribution in [2.75, 3.05) is 5.73 Å². The number of nitrogens with zero attached hydrogens (tertiary/aromatic N) is 5. The Balaban J connectivity index is 0.000000217. The van der Waals surface area contributed by atoms with Gasteiger partial charge in [-0.25, -0.2) is 4.99 Å². The van der Waals surface area contributed by atoms with Crippen LogP contribution < -0.4 is 16.0 Å². The van der Waals surface area contributed by atoms with E-state index >= 15 is 0 Å². The van der Waals surface area contributed by atoms with Gasteiger partial charge in [0.1, 0.15) is 6.07 Å². The van der Waals surface area contributed by atoms with Crippen molar-refractivity contribution in [2.45, 2.75) is 13.8 Å². The molecule has 0 aliphatic carbocycles. The fraction of sp³-hybridized carbons (Fsp3) is 0.0833. The number of pyridine rings is 2. The number of nitro groups is 2. The molecule has 0 spiro atoms. The van der Waals surface area contributed by atoms with Crippen LogP contribution in [0.2, 0.25) is 5.15 Å². The van der Waals surface area contributed by atoms with Gasteiger partial charge in [0.15, 0.2) is 11.7 Å². The highest BCUT2D eigenvalue weighted by atomic mass is 35.5. The second-order valence-corrected chi connectivity index (χ2v) is 7.79. The molecule has 4 aromatic rings. The average Bonchev–Trinajstić information content (AvgIpc) is 2.84. The number of rotatable bonds is 3. The van der Waals surface area contributed by atoms with E-state index in [1.54, 1.807) is 31.2 Å². The molecule has 2 aromatic carbocycles. The summed E-state index contributed by atoms with van der Waals surface area (Å²) in [7, 11) is 0. The third-order valence-electron chi connectivity index (χ3n) is 4.59. The van der Waals surface area contributed by atoms with Crippen LogP contribution in [0.1, 0.15) is 11.1 Å². The SMILES string of the molecule is Cc1c[n+]([O-])c(Cl)cc1[N+](=O)[O-].Cc1cn(O)c(=Nc2ccccc2)cc1[N+](=O)[O-].Nc1ccccc1. The molecule has 0 aliphatic heterocycles. The number of hydrogen-bond donors (Lipinski definition) is 2. The molecule has 37 heavy (non-hydrogen) atoms. The Hall–Kier alpha value is -4.97. The molecule has 192 valence electrons. The van der Waals surface area contributed by atoms with Crippen LogP contribution in [0.25, 0.3) is 0 Å². The lowest BCUT2D eigenvalue weighted by Crippen LogP contribution is -2.27. The molecule has 0 saturated heterocycles. The van der Waals surface area contributed by atoms with Gasteiger partial charge in [-0.05, 0) is 49.7 Å². The van der Waals surface area contributed by atoms with Gasteiger partial charge in [0.2, 0.25) is 0 Å². The van der Waals surface area contributed by atoms with Crippen LogP contribution in [0.3, 0.4) is 0 Å². The molecule has 0 fully saturated rings. The first kappa shape index (κ1) is 28.3. The maximum atomic E-state index is 10.8. The third-order valence-corrected chi connectivity index (χ3v) is 4.87. The minimum Gasteiger partial charge on any atom is -0.618 e. The van der Waals surface area contributed by atoms with Gasteiger partial charge in [-0.3, -0.25) is 20.2 Å². The molecule has 0 amide bonds. The number of nitrogens with two attached hydrogens (primary N) is 1. The quantitative estimate of drug-likeness (QED) is 0.0742.